The van der Waals surface area contributed by atoms with Crippen molar-refractivity contribution in [2.75, 3.05) is 5.73 Å². The fourth-order valence-corrected chi connectivity index (χ4v) is 2.95. The predicted octanol–water partition coefficient (Wildman–Crippen LogP) is 2.79. The van der Waals surface area contributed by atoms with Gasteiger partial charge >= 0.3 is 6.18 Å². The Morgan fingerprint density at radius 1 is 1.21 bits per heavy atom. The lowest BCUT2D eigenvalue weighted by Crippen LogP contribution is -2.26. The SMILES string of the molecule is N=Cc1c(N)ccc2nc(/C(=C/N)C(=N)C(F)(F)F)c3c(c12)CC3. The van der Waals surface area contributed by atoms with Gasteiger partial charge in [-0.2, -0.15) is 13.2 Å². The number of nitrogens with zero attached hydrogens (tertiary/aromatic N) is 1. The standard InChI is InChI=1S/C16H14F3N5/c17-16(18,19)15(23)10(6-21)14-8-2-1-7(8)13-9(5-20)11(22)3-4-12(13)24-14/h3-6,20,23H,1-2,21-22H2/b10-6-,20-5?,23-15?. The Bertz CT molecular complexity index is 912. The number of rotatable bonds is 3. The number of nitrogen functional groups attached to an aromatic ring is 1. The minimum Gasteiger partial charge on any atom is -0.404 e. The summed E-state index contributed by atoms with van der Waals surface area (Å²) < 4.78 is 38.7. The molecule has 24 heavy (non-hydrogen) atoms. The van der Waals surface area contributed by atoms with E-state index < -0.39 is 17.5 Å². The molecule has 0 spiro atoms. The Morgan fingerprint density at radius 3 is 2.38 bits per heavy atom. The molecular weight excluding hydrogens is 319 g/mol. The molecular formula is C16H14F3N5. The Kier molecular flexibility index (Phi) is 3.55. The summed E-state index contributed by atoms with van der Waals surface area (Å²) in [4.78, 5) is 4.29. The van der Waals surface area contributed by atoms with Crippen molar-refractivity contribution in [3.05, 3.63) is 40.7 Å². The Hall–Kier alpha value is -2.90. The fourth-order valence-electron chi connectivity index (χ4n) is 2.95. The topological polar surface area (TPSA) is 113 Å². The van der Waals surface area contributed by atoms with Crippen LogP contribution in [0.3, 0.4) is 0 Å². The number of benzene rings is 1. The normalized spacial score (nSPS) is 14.2. The van der Waals surface area contributed by atoms with Crippen molar-refractivity contribution in [2.24, 2.45) is 5.73 Å². The summed E-state index contributed by atoms with van der Waals surface area (Å²) in [5.41, 5.74) is 12.2. The molecule has 6 N–H and O–H groups in total. The third kappa shape index (κ3) is 2.22. The van der Waals surface area contributed by atoms with Crippen molar-refractivity contribution in [1.82, 2.24) is 4.98 Å². The van der Waals surface area contributed by atoms with Crippen LogP contribution in [-0.4, -0.2) is 23.1 Å². The zero-order valence-electron chi connectivity index (χ0n) is 12.5. The molecule has 0 aliphatic heterocycles. The van der Waals surface area contributed by atoms with Crippen LogP contribution in [0.5, 0.6) is 0 Å². The van der Waals surface area contributed by atoms with Crippen LogP contribution in [0.4, 0.5) is 18.9 Å². The molecule has 0 saturated heterocycles. The molecule has 0 unspecified atom stereocenters. The van der Waals surface area contributed by atoms with Gasteiger partial charge in [0.1, 0.15) is 5.71 Å². The number of fused-ring (bicyclic) bond motifs is 3. The van der Waals surface area contributed by atoms with Gasteiger partial charge in [0.05, 0.1) is 11.2 Å². The maximum atomic E-state index is 12.9. The number of hydrogen-bond acceptors (Lipinski definition) is 5. The monoisotopic (exact) mass is 333 g/mol. The van der Waals surface area contributed by atoms with Crippen molar-refractivity contribution in [2.45, 2.75) is 19.0 Å². The van der Waals surface area contributed by atoms with Crippen LogP contribution in [0.15, 0.2) is 18.3 Å². The number of anilines is 1. The highest BCUT2D eigenvalue weighted by atomic mass is 19.4. The molecule has 1 aliphatic carbocycles. The van der Waals surface area contributed by atoms with E-state index in [1.54, 1.807) is 12.1 Å². The van der Waals surface area contributed by atoms with Gasteiger partial charge in [0.2, 0.25) is 0 Å². The first-order chi connectivity index (χ1) is 11.3. The van der Waals surface area contributed by atoms with E-state index in [2.05, 4.69) is 4.98 Å². The molecule has 2 aromatic rings. The van der Waals surface area contributed by atoms with Gasteiger partial charge in [-0.05, 0) is 36.1 Å². The van der Waals surface area contributed by atoms with E-state index >= 15 is 0 Å². The highest BCUT2D eigenvalue weighted by Gasteiger charge is 2.39. The Morgan fingerprint density at radius 2 is 1.88 bits per heavy atom. The van der Waals surface area contributed by atoms with Crippen LogP contribution in [0.1, 0.15) is 22.4 Å². The first kappa shape index (κ1) is 16.0. The van der Waals surface area contributed by atoms with Gasteiger partial charge in [-0.25, -0.2) is 4.98 Å². The fraction of sp³-hybridized carbons (Fsp3) is 0.188. The first-order valence-electron chi connectivity index (χ1n) is 7.12. The lowest BCUT2D eigenvalue weighted by atomic mass is 9.81. The summed E-state index contributed by atoms with van der Waals surface area (Å²) in [6, 6.07) is 3.16. The molecule has 1 aromatic heterocycles. The molecule has 0 saturated carbocycles. The number of nitrogens with two attached hydrogens (primary N) is 2. The Balaban J connectivity index is 2.29. The number of allylic oxidation sites excluding steroid dienone is 1. The van der Waals surface area contributed by atoms with Crippen LogP contribution in [0.25, 0.3) is 16.5 Å². The van der Waals surface area contributed by atoms with E-state index in [9.17, 15) is 13.2 Å². The molecule has 0 amide bonds. The second-order valence-electron chi connectivity index (χ2n) is 5.48. The van der Waals surface area contributed by atoms with Crippen molar-refractivity contribution >= 4 is 34.1 Å². The van der Waals surface area contributed by atoms with E-state index in [0.29, 0.717) is 40.6 Å². The van der Waals surface area contributed by atoms with Gasteiger partial charge in [0.25, 0.3) is 0 Å². The van der Waals surface area contributed by atoms with Crippen LogP contribution in [0, 0.1) is 10.8 Å². The van der Waals surface area contributed by atoms with E-state index in [1.165, 1.54) is 0 Å². The predicted molar refractivity (Wildman–Crippen MR) is 87.4 cm³/mol. The summed E-state index contributed by atoms with van der Waals surface area (Å²) in [5.74, 6) is 0. The number of hydrogen-bond donors (Lipinski definition) is 4. The second kappa shape index (κ2) is 5.33. The van der Waals surface area contributed by atoms with Gasteiger partial charge in [0.15, 0.2) is 0 Å². The average Bonchev–Trinajstić information content (AvgIpc) is 2.47. The van der Waals surface area contributed by atoms with Gasteiger partial charge in [-0.15, -0.1) is 0 Å². The van der Waals surface area contributed by atoms with E-state index in [1.807, 2.05) is 0 Å². The van der Waals surface area contributed by atoms with Gasteiger partial charge in [0, 0.05) is 34.6 Å². The number of alkyl halides is 3. The van der Waals surface area contributed by atoms with Crippen molar-refractivity contribution in [3.63, 3.8) is 0 Å². The molecule has 1 aliphatic rings. The number of pyridine rings is 1. The maximum absolute atomic E-state index is 12.9. The van der Waals surface area contributed by atoms with E-state index in [4.69, 9.17) is 22.3 Å². The lowest BCUT2D eigenvalue weighted by molar-refractivity contribution is -0.0578. The van der Waals surface area contributed by atoms with Crippen molar-refractivity contribution in [1.29, 1.82) is 10.8 Å². The summed E-state index contributed by atoms with van der Waals surface area (Å²) in [7, 11) is 0. The molecule has 5 nitrogen and oxygen atoms in total. The van der Waals surface area contributed by atoms with Crippen LogP contribution < -0.4 is 11.5 Å². The smallest absolute Gasteiger partial charge is 0.404 e. The van der Waals surface area contributed by atoms with Crippen LogP contribution in [0.2, 0.25) is 0 Å². The molecule has 1 heterocycles. The number of aryl methyl sites for hydroxylation is 1. The third-order valence-corrected chi connectivity index (χ3v) is 4.19. The minimum atomic E-state index is -4.81. The van der Waals surface area contributed by atoms with Gasteiger partial charge in [-0.1, -0.05) is 0 Å². The molecule has 124 valence electrons. The molecule has 0 fully saturated rings. The quantitative estimate of drug-likeness (QED) is 0.511. The maximum Gasteiger partial charge on any atom is 0.433 e. The lowest BCUT2D eigenvalue weighted by Gasteiger charge is -2.26. The zero-order chi connectivity index (χ0) is 17.6. The summed E-state index contributed by atoms with van der Waals surface area (Å²) >= 11 is 0. The molecule has 1 aromatic carbocycles. The largest absolute Gasteiger partial charge is 0.433 e. The second-order valence-corrected chi connectivity index (χ2v) is 5.48. The first-order valence-corrected chi connectivity index (χ1v) is 7.12. The average molecular weight is 333 g/mol. The van der Waals surface area contributed by atoms with Crippen molar-refractivity contribution in [3.8, 4) is 0 Å². The van der Waals surface area contributed by atoms with E-state index in [-0.39, 0.29) is 5.69 Å². The highest BCUT2D eigenvalue weighted by molar-refractivity contribution is 6.25. The third-order valence-electron chi connectivity index (χ3n) is 4.19. The minimum absolute atomic E-state index is 0.0780. The zero-order valence-corrected chi connectivity index (χ0v) is 12.5. The number of halogens is 3. The summed E-state index contributed by atoms with van der Waals surface area (Å²) in [6.07, 6.45) is -1.71. The number of aromatic nitrogens is 1. The molecule has 0 radical (unpaired) electrons. The summed E-state index contributed by atoms with van der Waals surface area (Å²) in [6.45, 7) is 0. The molecule has 0 bridgehead atoms. The van der Waals surface area contributed by atoms with Crippen LogP contribution in [-0.2, 0) is 12.8 Å². The van der Waals surface area contributed by atoms with Gasteiger partial charge < -0.3 is 16.9 Å². The Labute approximate surface area is 135 Å². The van der Waals surface area contributed by atoms with Crippen molar-refractivity contribution < 1.29 is 13.2 Å². The summed E-state index contributed by atoms with van der Waals surface area (Å²) in [5, 5.41) is 15.6. The van der Waals surface area contributed by atoms with E-state index in [0.717, 1.165) is 18.0 Å². The molecule has 3 rings (SSSR count). The molecule has 8 heteroatoms. The highest BCUT2D eigenvalue weighted by Crippen LogP contribution is 2.39. The molecule has 0 atom stereocenters. The van der Waals surface area contributed by atoms with Crippen LogP contribution >= 0.6 is 0 Å². The van der Waals surface area contributed by atoms with Gasteiger partial charge in [-0.3, -0.25) is 5.41 Å². The number of nitrogens with one attached hydrogen (secondary N) is 2.